The molecule has 0 heterocycles. The van der Waals surface area contributed by atoms with Crippen LogP contribution in [0.3, 0.4) is 0 Å². The van der Waals surface area contributed by atoms with E-state index in [0.717, 1.165) is 19.2 Å². The lowest BCUT2D eigenvalue weighted by molar-refractivity contribution is 0.219. The first-order valence-electron chi connectivity index (χ1n) is 7.11. The average Bonchev–Trinajstić information content (AvgIpc) is 2.30. The number of hydrogen-bond donors (Lipinski definition) is 0. The van der Waals surface area contributed by atoms with E-state index in [1.807, 2.05) is 0 Å². The summed E-state index contributed by atoms with van der Waals surface area (Å²) < 4.78 is 26.2. The summed E-state index contributed by atoms with van der Waals surface area (Å²) >= 11 is 6.36. The van der Waals surface area contributed by atoms with Crippen LogP contribution in [0.5, 0.6) is 0 Å². The van der Waals surface area contributed by atoms with E-state index >= 15 is 0 Å². The maximum Gasteiger partial charge on any atom is 0.159 e. The maximum absolute atomic E-state index is 13.2. The molecular weight excluding hydrogens is 280 g/mol. The highest BCUT2D eigenvalue weighted by molar-refractivity contribution is 6.21. The van der Waals surface area contributed by atoms with E-state index in [-0.39, 0.29) is 5.38 Å². The Labute approximate surface area is 125 Å². The van der Waals surface area contributed by atoms with Gasteiger partial charge in [0.1, 0.15) is 0 Å². The molecule has 0 aliphatic carbocycles. The third kappa shape index (κ3) is 5.76. The Balaban J connectivity index is 2.73. The predicted octanol–water partition coefficient (Wildman–Crippen LogP) is 4.86. The number of alkyl halides is 1. The van der Waals surface area contributed by atoms with Crippen molar-refractivity contribution < 1.29 is 8.78 Å². The van der Waals surface area contributed by atoms with Gasteiger partial charge >= 0.3 is 0 Å². The molecule has 0 radical (unpaired) electrons. The molecule has 0 saturated carbocycles. The monoisotopic (exact) mass is 303 g/mol. The van der Waals surface area contributed by atoms with Gasteiger partial charge in [-0.25, -0.2) is 8.78 Å². The van der Waals surface area contributed by atoms with Gasteiger partial charge in [-0.2, -0.15) is 0 Å². The van der Waals surface area contributed by atoms with Crippen LogP contribution >= 0.6 is 11.6 Å². The van der Waals surface area contributed by atoms with Crippen molar-refractivity contribution in [2.75, 3.05) is 19.6 Å². The van der Waals surface area contributed by atoms with Crippen molar-refractivity contribution in [3.63, 3.8) is 0 Å². The van der Waals surface area contributed by atoms with Gasteiger partial charge in [0.05, 0.1) is 5.38 Å². The van der Waals surface area contributed by atoms with E-state index in [1.54, 1.807) is 6.07 Å². The van der Waals surface area contributed by atoms with Crippen molar-refractivity contribution in [1.29, 1.82) is 0 Å². The zero-order chi connectivity index (χ0) is 15.3. The van der Waals surface area contributed by atoms with Gasteiger partial charge in [-0.05, 0) is 29.5 Å². The second-order valence-corrected chi connectivity index (χ2v) is 6.67. The lowest BCUT2D eigenvalue weighted by Crippen LogP contribution is -2.34. The molecule has 0 bridgehead atoms. The zero-order valence-corrected chi connectivity index (χ0v) is 13.4. The van der Waals surface area contributed by atoms with E-state index < -0.39 is 11.6 Å². The molecule has 0 aromatic heterocycles. The predicted molar refractivity (Wildman–Crippen MR) is 81.1 cm³/mol. The molecule has 20 heavy (non-hydrogen) atoms. The first-order chi connectivity index (χ1) is 9.29. The molecule has 0 saturated heterocycles. The van der Waals surface area contributed by atoms with Gasteiger partial charge in [-0.15, -0.1) is 11.6 Å². The maximum atomic E-state index is 13.2. The van der Waals surface area contributed by atoms with Crippen LogP contribution in [0.4, 0.5) is 8.78 Å². The molecule has 0 fully saturated rings. The fourth-order valence-corrected chi connectivity index (χ4v) is 2.63. The summed E-state index contributed by atoms with van der Waals surface area (Å²) in [6.07, 6.45) is 0. The summed E-state index contributed by atoms with van der Waals surface area (Å²) in [6, 6.07) is 3.88. The smallest absolute Gasteiger partial charge is 0.159 e. The van der Waals surface area contributed by atoms with Gasteiger partial charge in [-0.1, -0.05) is 33.8 Å². The quantitative estimate of drug-likeness (QED) is 0.650. The fourth-order valence-electron chi connectivity index (χ4n) is 2.30. The van der Waals surface area contributed by atoms with Crippen molar-refractivity contribution in [3.05, 3.63) is 35.4 Å². The van der Waals surface area contributed by atoms with E-state index in [4.69, 9.17) is 11.6 Å². The average molecular weight is 304 g/mol. The standard InChI is InChI=1S/C16H24ClF2N/c1-11(2)8-20(9-12(3)4)10-14(17)13-5-6-15(18)16(19)7-13/h5-7,11-12,14H,8-10H2,1-4H3. The summed E-state index contributed by atoms with van der Waals surface area (Å²) in [5.41, 5.74) is 0.628. The van der Waals surface area contributed by atoms with Gasteiger partial charge in [-0.3, -0.25) is 0 Å². The molecule has 1 rings (SSSR count). The van der Waals surface area contributed by atoms with Crippen LogP contribution in [0.25, 0.3) is 0 Å². The Hall–Kier alpha value is -0.670. The second kappa shape index (κ2) is 7.94. The van der Waals surface area contributed by atoms with Crippen LogP contribution < -0.4 is 0 Å². The van der Waals surface area contributed by atoms with Crippen LogP contribution in [0, 0.1) is 23.5 Å². The van der Waals surface area contributed by atoms with Gasteiger partial charge in [0.25, 0.3) is 0 Å². The first kappa shape index (κ1) is 17.4. The van der Waals surface area contributed by atoms with Crippen molar-refractivity contribution in [1.82, 2.24) is 4.90 Å². The summed E-state index contributed by atoms with van der Waals surface area (Å²) in [4.78, 5) is 2.29. The first-order valence-corrected chi connectivity index (χ1v) is 7.54. The van der Waals surface area contributed by atoms with Crippen molar-refractivity contribution in [2.45, 2.75) is 33.1 Å². The lowest BCUT2D eigenvalue weighted by Gasteiger charge is -2.28. The summed E-state index contributed by atoms with van der Waals surface area (Å²) in [5.74, 6) is -0.587. The number of nitrogens with zero attached hydrogens (tertiary/aromatic N) is 1. The highest BCUT2D eigenvalue weighted by atomic mass is 35.5. The molecule has 4 heteroatoms. The van der Waals surface area contributed by atoms with Gasteiger partial charge in [0.2, 0.25) is 0 Å². The molecule has 114 valence electrons. The Morgan fingerprint density at radius 1 is 0.950 bits per heavy atom. The van der Waals surface area contributed by atoms with Gasteiger partial charge in [0, 0.05) is 19.6 Å². The summed E-state index contributed by atoms with van der Waals surface area (Å²) in [6.45, 7) is 11.2. The van der Waals surface area contributed by atoms with Gasteiger partial charge < -0.3 is 4.90 Å². The summed E-state index contributed by atoms with van der Waals surface area (Å²) in [5, 5.41) is -0.331. The van der Waals surface area contributed by atoms with Crippen LogP contribution in [-0.2, 0) is 0 Å². The van der Waals surface area contributed by atoms with Crippen molar-refractivity contribution in [2.24, 2.45) is 11.8 Å². The van der Waals surface area contributed by atoms with E-state index in [9.17, 15) is 8.78 Å². The van der Waals surface area contributed by atoms with Crippen molar-refractivity contribution in [3.8, 4) is 0 Å². The third-order valence-electron chi connectivity index (χ3n) is 2.97. The molecule has 0 aliphatic rings. The number of halogens is 3. The molecule has 1 aromatic rings. The molecule has 1 unspecified atom stereocenters. The highest BCUT2D eigenvalue weighted by Gasteiger charge is 2.17. The fraction of sp³-hybridized carbons (Fsp3) is 0.625. The molecule has 0 aliphatic heterocycles. The van der Waals surface area contributed by atoms with E-state index in [1.165, 1.54) is 6.07 Å². The molecule has 0 spiro atoms. The molecule has 1 atom stereocenters. The topological polar surface area (TPSA) is 3.24 Å². The zero-order valence-electron chi connectivity index (χ0n) is 12.7. The minimum absolute atomic E-state index is 0.331. The molecule has 1 aromatic carbocycles. The number of hydrogen-bond acceptors (Lipinski definition) is 1. The Morgan fingerprint density at radius 2 is 1.50 bits per heavy atom. The molecule has 0 N–H and O–H groups in total. The van der Waals surface area contributed by atoms with E-state index in [2.05, 4.69) is 32.6 Å². The van der Waals surface area contributed by atoms with Gasteiger partial charge in [0.15, 0.2) is 11.6 Å². The minimum atomic E-state index is -0.840. The third-order valence-corrected chi connectivity index (χ3v) is 3.36. The Morgan fingerprint density at radius 3 is 1.95 bits per heavy atom. The minimum Gasteiger partial charge on any atom is -0.301 e. The van der Waals surface area contributed by atoms with Crippen molar-refractivity contribution >= 4 is 11.6 Å². The SMILES string of the molecule is CC(C)CN(CC(C)C)CC(Cl)c1ccc(F)c(F)c1. The molecule has 0 amide bonds. The van der Waals surface area contributed by atoms with Crippen LogP contribution in [-0.4, -0.2) is 24.5 Å². The summed E-state index contributed by atoms with van der Waals surface area (Å²) in [7, 11) is 0. The lowest BCUT2D eigenvalue weighted by atomic mass is 10.1. The van der Waals surface area contributed by atoms with Crippen LogP contribution in [0.15, 0.2) is 18.2 Å². The number of rotatable bonds is 7. The van der Waals surface area contributed by atoms with E-state index in [0.29, 0.717) is 23.9 Å². The van der Waals surface area contributed by atoms with Crippen LogP contribution in [0.2, 0.25) is 0 Å². The Bertz CT molecular complexity index is 411. The largest absolute Gasteiger partial charge is 0.301 e. The number of benzene rings is 1. The normalized spacial score (nSPS) is 13.5. The molecular formula is C16H24ClF2N. The Kier molecular flexibility index (Phi) is 6.90. The highest BCUT2D eigenvalue weighted by Crippen LogP contribution is 2.24. The second-order valence-electron chi connectivity index (χ2n) is 6.15. The van der Waals surface area contributed by atoms with Crippen LogP contribution in [0.1, 0.15) is 38.6 Å². The molecule has 1 nitrogen and oxygen atoms in total.